The van der Waals surface area contributed by atoms with Crippen molar-refractivity contribution in [2.45, 2.75) is 43.9 Å². The van der Waals surface area contributed by atoms with Crippen LogP contribution < -0.4 is 4.72 Å². The zero-order chi connectivity index (χ0) is 14.5. The van der Waals surface area contributed by atoms with Crippen LogP contribution in [0.2, 0.25) is 4.47 Å². The van der Waals surface area contributed by atoms with E-state index in [1.807, 2.05) is 13.8 Å². The fourth-order valence-electron chi connectivity index (χ4n) is 1.42. The first kappa shape index (κ1) is 16.8. The molecule has 1 aromatic rings. The molecule has 0 amide bonds. The van der Waals surface area contributed by atoms with Crippen molar-refractivity contribution in [2.24, 2.45) is 0 Å². The molecule has 0 unspecified atom stereocenters. The Morgan fingerprint density at radius 3 is 2.63 bits per heavy atom. The second kappa shape index (κ2) is 7.54. The number of nitrogens with zero attached hydrogens (tertiary/aromatic N) is 1. The van der Waals surface area contributed by atoms with Crippen molar-refractivity contribution < 1.29 is 13.2 Å². The van der Waals surface area contributed by atoms with Crippen LogP contribution in [0.15, 0.2) is 4.21 Å². The summed E-state index contributed by atoms with van der Waals surface area (Å²) in [5.41, 5.74) is 0.436. The molecule has 0 bridgehead atoms. The van der Waals surface area contributed by atoms with E-state index in [1.54, 1.807) is 6.92 Å². The lowest BCUT2D eigenvalue weighted by Gasteiger charge is -2.08. The lowest BCUT2D eigenvalue weighted by molar-refractivity contribution is 0.0762. The Morgan fingerprint density at radius 1 is 1.42 bits per heavy atom. The van der Waals surface area contributed by atoms with Gasteiger partial charge in [0.05, 0.1) is 11.8 Å². The van der Waals surface area contributed by atoms with Crippen LogP contribution in [-0.2, 0) is 14.8 Å². The van der Waals surface area contributed by atoms with Gasteiger partial charge in [0.15, 0.2) is 8.68 Å². The predicted molar refractivity (Wildman–Crippen MR) is 77.4 cm³/mol. The summed E-state index contributed by atoms with van der Waals surface area (Å²) >= 11 is 6.68. The maximum atomic E-state index is 12.0. The van der Waals surface area contributed by atoms with Crippen molar-refractivity contribution in [3.8, 4) is 0 Å². The number of rotatable bonds is 8. The molecule has 1 N–H and O–H groups in total. The maximum absolute atomic E-state index is 12.0. The van der Waals surface area contributed by atoms with Crippen LogP contribution in [-0.4, -0.2) is 32.7 Å². The molecule has 0 saturated carbocycles. The lowest BCUT2D eigenvalue weighted by Crippen LogP contribution is -2.25. The Hall–Kier alpha value is -0.210. The molecule has 1 heterocycles. The first-order chi connectivity index (χ1) is 8.83. The minimum atomic E-state index is -3.49. The molecule has 110 valence electrons. The fourth-order valence-corrected chi connectivity index (χ4v) is 4.27. The molecule has 1 aromatic heterocycles. The molecule has 0 aliphatic carbocycles. The summed E-state index contributed by atoms with van der Waals surface area (Å²) in [4.78, 5) is 3.90. The number of halogens is 1. The number of nitrogens with one attached hydrogen (secondary N) is 1. The molecule has 0 saturated heterocycles. The van der Waals surface area contributed by atoms with Crippen LogP contribution in [0.25, 0.3) is 0 Å². The molecule has 0 atom stereocenters. The third-order valence-electron chi connectivity index (χ3n) is 2.29. The van der Waals surface area contributed by atoms with E-state index < -0.39 is 10.0 Å². The van der Waals surface area contributed by atoms with Gasteiger partial charge < -0.3 is 4.74 Å². The molecule has 0 radical (unpaired) electrons. The summed E-state index contributed by atoms with van der Waals surface area (Å²) in [6, 6.07) is 0. The second-order valence-electron chi connectivity index (χ2n) is 4.36. The van der Waals surface area contributed by atoms with Gasteiger partial charge in [-0.2, -0.15) is 0 Å². The lowest BCUT2D eigenvalue weighted by atomic mass is 10.3. The van der Waals surface area contributed by atoms with Gasteiger partial charge in [-0.05, 0) is 33.6 Å². The largest absolute Gasteiger partial charge is 0.379 e. The highest BCUT2D eigenvalue weighted by molar-refractivity contribution is 7.91. The molecule has 5 nitrogen and oxygen atoms in total. The van der Waals surface area contributed by atoms with Gasteiger partial charge in [0, 0.05) is 13.2 Å². The summed E-state index contributed by atoms with van der Waals surface area (Å²) in [6.07, 6.45) is 1.76. The van der Waals surface area contributed by atoms with Crippen LogP contribution in [0.5, 0.6) is 0 Å². The van der Waals surface area contributed by atoms with Gasteiger partial charge in [0.25, 0.3) is 10.0 Å². The molecule has 8 heteroatoms. The third-order valence-corrected chi connectivity index (χ3v) is 5.62. The topological polar surface area (TPSA) is 68.3 Å². The molecular formula is C11H19ClN2O3S2. The van der Waals surface area contributed by atoms with Crippen molar-refractivity contribution >= 4 is 33.0 Å². The van der Waals surface area contributed by atoms with Crippen molar-refractivity contribution in [2.75, 3.05) is 13.2 Å². The Kier molecular flexibility index (Phi) is 6.68. The van der Waals surface area contributed by atoms with Gasteiger partial charge in [-0.15, -0.1) is 0 Å². The van der Waals surface area contributed by atoms with Gasteiger partial charge >= 0.3 is 0 Å². The smallest absolute Gasteiger partial charge is 0.251 e. The third kappa shape index (κ3) is 5.74. The van der Waals surface area contributed by atoms with Crippen LogP contribution in [0.1, 0.15) is 32.4 Å². The molecular weight excluding hydrogens is 308 g/mol. The monoisotopic (exact) mass is 326 g/mol. The van der Waals surface area contributed by atoms with Crippen molar-refractivity contribution in [3.63, 3.8) is 0 Å². The van der Waals surface area contributed by atoms with E-state index in [0.717, 1.165) is 24.2 Å². The second-order valence-corrected chi connectivity index (χ2v) is 7.91. The molecule has 0 aliphatic rings. The molecule has 1 rings (SSSR count). The van der Waals surface area contributed by atoms with Gasteiger partial charge in [0.1, 0.15) is 0 Å². The van der Waals surface area contributed by atoms with E-state index in [4.69, 9.17) is 16.3 Å². The molecule has 19 heavy (non-hydrogen) atoms. The summed E-state index contributed by atoms with van der Waals surface area (Å²) in [7, 11) is -3.49. The average molecular weight is 327 g/mol. The summed E-state index contributed by atoms with van der Waals surface area (Å²) in [6.45, 7) is 6.61. The van der Waals surface area contributed by atoms with E-state index in [9.17, 15) is 8.42 Å². The molecule has 0 spiro atoms. The van der Waals surface area contributed by atoms with Crippen molar-refractivity contribution in [1.29, 1.82) is 0 Å². The quantitative estimate of drug-likeness (QED) is 0.745. The van der Waals surface area contributed by atoms with Gasteiger partial charge in [0.2, 0.25) is 0 Å². The number of aryl methyl sites for hydroxylation is 1. The van der Waals surface area contributed by atoms with Gasteiger partial charge in [-0.25, -0.2) is 18.1 Å². The van der Waals surface area contributed by atoms with Gasteiger partial charge in [-0.3, -0.25) is 0 Å². The number of ether oxygens (including phenoxy) is 1. The summed E-state index contributed by atoms with van der Waals surface area (Å²) in [5, 5.41) is 0. The van der Waals surface area contributed by atoms with Crippen LogP contribution in [0, 0.1) is 6.92 Å². The highest BCUT2D eigenvalue weighted by Crippen LogP contribution is 2.26. The standard InChI is InChI=1S/C11H19ClN2O3S2/c1-8(2)17-7-5-4-6-13-19(15,16)10-9(3)14-11(12)18-10/h8,13H,4-7H2,1-3H3. The number of aromatic nitrogens is 1. The predicted octanol–water partition coefficient (Wildman–Crippen LogP) is 2.59. The minimum Gasteiger partial charge on any atom is -0.379 e. The Labute approximate surface area is 123 Å². The number of unbranched alkanes of at least 4 members (excludes halogenated alkanes) is 1. The first-order valence-electron chi connectivity index (χ1n) is 6.07. The Balaban J connectivity index is 2.38. The molecule has 0 aromatic carbocycles. The number of hydrogen-bond acceptors (Lipinski definition) is 5. The highest BCUT2D eigenvalue weighted by Gasteiger charge is 2.20. The van der Waals surface area contributed by atoms with E-state index in [-0.39, 0.29) is 14.8 Å². The highest BCUT2D eigenvalue weighted by atomic mass is 35.5. The minimum absolute atomic E-state index is 0.191. The number of sulfonamides is 1. The molecule has 0 fully saturated rings. The Bertz CT molecular complexity index is 500. The average Bonchev–Trinajstić information content (AvgIpc) is 2.63. The van der Waals surface area contributed by atoms with E-state index in [2.05, 4.69) is 9.71 Å². The summed E-state index contributed by atoms with van der Waals surface area (Å²) < 4.78 is 32.3. The van der Waals surface area contributed by atoms with E-state index in [1.165, 1.54) is 0 Å². The van der Waals surface area contributed by atoms with E-state index >= 15 is 0 Å². The van der Waals surface area contributed by atoms with E-state index in [0.29, 0.717) is 18.8 Å². The van der Waals surface area contributed by atoms with Crippen LogP contribution in [0.4, 0.5) is 0 Å². The molecule has 0 aliphatic heterocycles. The van der Waals surface area contributed by atoms with Gasteiger partial charge in [-0.1, -0.05) is 22.9 Å². The first-order valence-corrected chi connectivity index (χ1v) is 8.75. The Morgan fingerprint density at radius 2 is 2.11 bits per heavy atom. The number of hydrogen-bond donors (Lipinski definition) is 1. The zero-order valence-corrected chi connectivity index (χ0v) is 13.7. The van der Waals surface area contributed by atoms with Crippen LogP contribution >= 0.6 is 22.9 Å². The SMILES string of the molecule is Cc1nc(Cl)sc1S(=O)(=O)NCCCCOC(C)C. The van der Waals surface area contributed by atoms with Crippen molar-refractivity contribution in [1.82, 2.24) is 9.71 Å². The maximum Gasteiger partial charge on any atom is 0.251 e. The number of thiazole rings is 1. The fraction of sp³-hybridized carbons (Fsp3) is 0.727. The van der Waals surface area contributed by atoms with Crippen LogP contribution in [0.3, 0.4) is 0 Å². The zero-order valence-electron chi connectivity index (χ0n) is 11.3. The summed E-state index contributed by atoms with van der Waals surface area (Å²) in [5.74, 6) is 0. The van der Waals surface area contributed by atoms with Crippen molar-refractivity contribution in [3.05, 3.63) is 10.2 Å². The normalized spacial score (nSPS) is 12.3.